The van der Waals surface area contributed by atoms with E-state index < -0.39 is 0 Å². The Hall–Kier alpha value is -1.85. The Morgan fingerprint density at radius 3 is 2.48 bits per heavy atom. The summed E-state index contributed by atoms with van der Waals surface area (Å²) in [6, 6.07) is 9.69. The molecule has 1 heterocycles. The molecule has 1 aliphatic rings. The Morgan fingerprint density at radius 2 is 1.83 bits per heavy atom. The number of esters is 1. The van der Waals surface area contributed by atoms with E-state index in [2.05, 4.69) is 26.0 Å². The van der Waals surface area contributed by atoms with Crippen molar-refractivity contribution in [1.29, 1.82) is 0 Å². The van der Waals surface area contributed by atoms with Crippen LogP contribution in [0.4, 0.5) is 0 Å². The smallest absolute Gasteiger partial charge is 0.465 e. The van der Waals surface area contributed by atoms with Gasteiger partial charge in [0, 0.05) is 18.6 Å². The number of rotatable bonds is 2. The molecule has 0 atom stereocenters. The van der Waals surface area contributed by atoms with Crippen LogP contribution >= 0.6 is 0 Å². The Labute approximate surface area is 136 Å². The number of carbonyl (C=O) groups is 1. The number of methoxy groups -OCH3 is 1. The van der Waals surface area contributed by atoms with Crippen LogP contribution < -0.4 is 5.46 Å². The van der Waals surface area contributed by atoms with Crippen LogP contribution in [0.3, 0.4) is 0 Å². The van der Waals surface area contributed by atoms with Crippen molar-refractivity contribution in [1.82, 2.24) is 0 Å². The number of fused-ring (bicyclic) bond motifs is 1. The Balaban J connectivity index is 1.94. The normalized spacial score (nSPS) is 17.3. The predicted molar refractivity (Wildman–Crippen MR) is 91.1 cm³/mol. The molecule has 2 aromatic rings. The van der Waals surface area contributed by atoms with Gasteiger partial charge in [-0.2, -0.15) is 0 Å². The van der Waals surface area contributed by atoms with Gasteiger partial charge in [0.15, 0.2) is 0 Å². The Kier molecular flexibility index (Phi) is 4.17. The topological polar surface area (TPSA) is 44.8 Å². The number of benzene rings is 2. The molecule has 4 nitrogen and oxygen atoms in total. The lowest BCUT2D eigenvalue weighted by molar-refractivity contribution is 0.0343. The lowest BCUT2D eigenvalue weighted by Crippen LogP contribution is -2.48. The third-order valence-electron chi connectivity index (χ3n) is 4.15. The van der Waals surface area contributed by atoms with E-state index in [1.165, 1.54) is 7.11 Å². The van der Waals surface area contributed by atoms with Crippen molar-refractivity contribution in [3.8, 4) is 0 Å². The molecule has 3 rings (SSSR count). The molecule has 0 spiro atoms. The molecule has 1 fully saturated rings. The zero-order valence-electron chi connectivity index (χ0n) is 14.0. The molecule has 0 amide bonds. The molecular weight excluding hydrogens is 291 g/mol. The SMILES string of the molecule is COC(=O)c1ccc2cc(B3OCC(C)(C)CO3)c(C)cc2c1. The van der Waals surface area contributed by atoms with Crippen molar-refractivity contribution < 1.29 is 18.8 Å². The van der Waals surface area contributed by atoms with Crippen molar-refractivity contribution in [3.05, 3.63) is 41.5 Å². The first-order valence-corrected chi connectivity index (χ1v) is 7.75. The molecule has 120 valence electrons. The van der Waals surface area contributed by atoms with E-state index >= 15 is 0 Å². The largest absolute Gasteiger partial charge is 0.494 e. The highest BCUT2D eigenvalue weighted by molar-refractivity contribution is 6.62. The first kappa shape index (κ1) is 16.0. The molecule has 2 aromatic carbocycles. The maximum Gasteiger partial charge on any atom is 0.494 e. The average molecular weight is 312 g/mol. The first-order chi connectivity index (χ1) is 10.9. The molecule has 0 aromatic heterocycles. The van der Waals surface area contributed by atoms with Gasteiger partial charge in [0.2, 0.25) is 0 Å². The zero-order valence-corrected chi connectivity index (χ0v) is 14.0. The predicted octanol–water partition coefficient (Wildman–Crippen LogP) is 2.70. The van der Waals surface area contributed by atoms with E-state index in [9.17, 15) is 4.79 Å². The number of hydrogen-bond acceptors (Lipinski definition) is 4. The fourth-order valence-corrected chi connectivity index (χ4v) is 2.80. The number of ether oxygens (including phenoxy) is 1. The standard InChI is InChI=1S/C18H21BO4/c1-12-7-15-8-14(17(20)21-4)6-5-13(15)9-16(12)19-22-10-18(2,3)11-23-19/h5-9H,10-11H2,1-4H3. The van der Waals surface area contributed by atoms with E-state index in [1.807, 2.05) is 19.1 Å². The molecule has 0 radical (unpaired) electrons. The molecule has 0 aliphatic carbocycles. The minimum absolute atomic E-state index is 0.0523. The van der Waals surface area contributed by atoms with Crippen LogP contribution in [0.1, 0.15) is 29.8 Å². The quantitative estimate of drug-likeness (QED) is 0.632. The van der Waals surface area contributed by atoms with E-state index in [4.69, 9.17) is 14.0 Å². The summed E-state index contributed by atoms with van der Waals surface area (Å²) in [5.74, 6) is -0.324. The third kappa shape index (κ3) is 3.26. The van der Waals surface area contributed by atoms with Crippen molar-refractivity contribution in [2.45, 2.75) is 20.8 Å². The second-order valence-electron chi connectivity index (χ2n) is 6.88. The lowest BCUT2D eigenvalue weighted by atomic mass is 9.73. The summed E-state index contributed by atoms with van der Waals surface area (Å²) in [6.07, 6.45) is 0. The van der Waals surface area contributed by atoms with Crippen molar-refractivity contribution in [2.24, 2.45) is 5.41 Å². The van der Waals surface area contributed by atoms with Crippen molar-refractivity contribution in [3.63, 3.8) is 0 Å². The molecular formula is C18H21BO4. The van der Waals surface area contributed by atoms with Gasteiger partial charge < -0.3 is 14.0 Å². The van der Waals surface area contributed by atoms with Gasteiger partial charge in [-0.05, 0) is 35.3 Å². The van der Waals surface area contributed by atoms with Gasteiger partial charge >= 0.3 is 13.1 Å². The monoisotopic (exact) mass is 312 g/mol. The van der Waals surface area contributed by atoms with E-state index in [0.717, 1.165) is 21.8 Å². The summed E-state index contributed by atoms with van der Waals surface area (Å²) in [5, 5.41) is 2.06. The molecule has 0 unspecified atom stereocenters. The second-order valence-corrected chi connectivity index (χ2v) is 6.88. The fourth-order valence-electron chi connectivity index (χ4n) is 2.80. The molecule has 0 saturated carbocycles. The van der Waals surface area contributed by atoms with Crippen LogP contribution in [0.25, 0.3) is 10.8 Å². The summed E-state index contributed by atoms with van der Waals surface area (Å²) in [6.45, 7) is 7.65. The molecule has 0 bridgehead atoms. The van der Waals surface area contributed by atoms with Crippen LogP contribution in [0, 0.1) is 12.3 Å². The van der Waals surface area contributed by atoms with Gasteiger partial charge in [-0.3, -0.25) is 0 Å². The maximum atomic E-state index is 11.7. The Morgan fingerprint density at radius 1 is 1.13 bits per heavy atom. The zero-order chi connectivity index (χ0) is 16.6. The van der Waals surface area contributed by atoms with Gasteiger partial charge in [-0.1, -0.05) is 37.6 Å². The summed E-state index contributed by atoms with van der Waals surface area (Å²) in [5.41, 5.74) is 2.73. The highest BCUT2D eigenvalue weighted by atomic mass is 16.6. The average Bonchev–Trinajstić information content (AvgIpc) is 2.53. The van der Waals surface area contributed by atoms with Crippen molar-refractivity contribution >= 4 is 29.3 Å². The van der Waals surface area contributed by atoms with Crippen LogP contribution in [-0.4, -0.2) is 33.4 Å². The van der Waals surface area contributed by atoms with Crippen LogP contribution in [0.15, 0.2) is 30.3 Å². The van der Waals surface area contributed by atoms with Crippen LogP contribution in [-0.2, 0) is 14.0 Å². The Bertz CT molecular complexity index is 744. The first-order valence-electron chi connectivity index (χ1n) is 7.75. The molecule has 0 N–H and O–H groups in total. The molecule has 1 saturated heterocycles. The minimum Gasteiger partial charge on any atom is -0.465 e. The van der Waals surface area contributed by atoms with E-state index in [1.54, 1.807) is 6.07 Å². The van der Waals surface area contributed by atoms with E-state index in [-0.39, 0.29) is 18.5 Å². The van der Waals surface area contributed by atoms with Crippen molar-refractivity contribution in [2.75, 3.05) is 20.3 Å². The summed E-state index contributed by atoms with van der Waals surface area (Å²) in [7, 11) is 1.06. The van der Waals surface area contributed by atoms with Gasteiger partial charge in [-0.25, -0.2) is 4.79 Å². The fraction of sp³-hybridized carbons (Fsp3) is 0.389. The van der Waals surface area contributed by atoms with Gasteiger partial charge in [-0.15, -0.1) is 0 Å². The minimum atomic E-state index is -0.326. The highest BCUT2D eigenvalue weighted by Crippen LogP contribution is 2.23. The summed E-state index contributed by atoms with van der Waals surface area (Å²) in [4.78, 5) is 11.7. The van der Waals surface area contributed by atoms with E-state index in [0.29, 0.717) is 18.8 Å². The van der Waals surface area contributed by atoms with Gasteiger partial charge in [0.1, 0.15) is 0 Å². The lowest BCUT2D eigenvalue weighted by Gasteiger charge is -2.33. The molecule has 23 heavy (non-hydrogen) atoms. The number of hydrogen-bond donors (Lipinski definition) is 0. The van der Waals surface area contributed by atoms with Crippen LogP contribution in [0.5, 0.6) is 0 Å². The molecule has 5 heteroatoms. The number of carbonyl (C=O) groups excluding carboxylic acids is 1. The summed E-state index contributed by atoms with van der Waals surface area (Å²) >= 11 is 0. The summed E-state index contributed by atoms with van der Waals surface area (Å²) < 4.78 is 16.6. The maximum absolute atomic E-state index is 11.7. The highest BCUT2D eigenvalue weighted by Gasteiger charge is 2.34. The third-order valence-corrected chi connectivity index (χ3v) is 4.15. The van der Waals surface area contributed by atoms with Gasteiger partial charge in [0.05, 0.1) is 12.7 Å². The van der Waals surface area contributed by atoms with Crippen LogP contribution in [0.2, 0.25) is 0 Å². The molecule has 1 aliphatic heterocycles. The van der Waals surface area contributed by atoms with Gasteiger partial charge in [0.25, 0.3) is 0 Å². The number of aryl methyl sites for hydroxylation is 1. The second kappa shape index (κ2) is 5.98.